The minimum absolute atomic E-state index is 0.115. The lowest BCUT2D eigenvalue weighted by atomic mass is 10.1. The number of carbonyl (C=O) groups excluding carboxylic acids is 1. The van der Waals surface area contributed by atoms with E-state index in [1.54, 1.807) is 13.8 Å². The van der Waals surface area contributed by atoms with Crippen molar-refractivity contribution in [3.8, 4) is 0 Å². The molecule has 1 atom stereocenters. The highest BCUT2D eigenvalue weighted by molar-refractivity contribution is 5.84. The summed E-state index contributed by atoms with van der Waals surface area (Å²) in [4.78, 5) is 21.6. The normalized spacial score (nSPS) is 12.6. The van der Waals surface area contributed by atoms with Crippen molar-refractivity contribution >= 4 is 11.9 Å². The molecule has 1 amide bonds. The summed E-state index contributed by atoms with van der Waals surface area (Å²) >= 11 is 0. The predicted molar refractivity (Wildman–Crippen MR) is 46.3 cm³/mol. The van der Waals surface area contributed by atoms with Crippen LogP contribution in [-0.2, 0) is 14.3 Å². The maximum Gasteiger partial charge on any atom is 0.326 e. The summed E-state index contributed by atoms with van der Waals surface area (Å²) in [6, 6.07) is -0.845. The molecule has 76 valence electrons. The molecule has 0 unspecified atom stereocenters. The molecular weight excluding hydrogens is 174 g/mol. The van der Waals surface area contributed by atoms with Crippen LogP contribution in [0, 0.1) is 5.92 Å². The van der Waals surface area contributed by atoms with Gasteiger partial charge in [0.05, 0.1) is 0 Å². The molecule has 5 nitrogen and oxygen atoms in total. The van der Waals surface area contributed by atoms with Crippen molar-refractivity contribution < 1.29 is 19.4 Å². The lowest BCUT2D eigenvalue weighted by Crippen LogP contribution is -2.45. The lowest BCUT2D eigenvalue weighted by Gasteiger charge is -2.17. The van der Waals surface area contributed by atoms with Crippen LogP contribution in [0.4, 0.5) is 0 Å². The van der Waals surface area contributed by atoms with Gasteiger partial charge in [-0.3, -0.25) is 4.79 Å². The molecule has 13 heavy (non-hydrogen) atoms. The van der Waals surface area contributed by atoms with Gasteiger partial charge in [0.1, 0.15) is 12.6 Å². The molecule has 0 saturated heterocycles. The zero-order valence-corrected chi connectivity index (χ0v) is 8.03. The van der Waals surface area contributed by atoms with E-state index in [0.29, 0.717) is 0 Å². The molecule has 0 aliphatic carbocycles. The molecule has 0 spiro atoms. The fourth-order valence-electron chi connectivity index (χ4n) is 0.860. The number of rotatable bonds is 5. The van der Waals surface area contributed by atoms with Gasteiger partial charge in [-0.25, -0.2) is 4.79 Å². The van der Waals surface area contributed by atoms with E-state index < -0.39 is 17.9 Å². The molecule has 0 radical (unpaired) electrons. The molecule has 0 aromatic rings. The van der Waals surface area contributed by atoms with Gasteiger partial charge in [-0.1, -0.05) is 13.8 Å². The molecular formula is C8H15NO4. The number of nitrogens with one attached hydrogen (secondary N) is 1. The molecule has 0 fully saturated rings. The molecule has 0 aliphatic rings. The molecule has 0 aromatic carbocycles. The van der Waals surface area contributed by atoms with E-state index in [4.69, 9.17) is 5.11 Å². The average molecular weight is 189 g/mol. The number of hydrogen-bond acceptors (Lipinski definition) is 3. The maximum absolute atomic E-state index is 11.0. The van der Waals surface area contributed by atoms with Gasteiger partial charge < -0.3 is 15.2 Å². The molecule has 2 N–H and O–H groups in total. The zero-order chi connectivity index (χ0) is 10.4. The Hall–Kier alpha value is -1.10. The number of methoxy groups -OCH3 is 1. The Morgan fingerprint density at radius 3 is 2.31 bits per heavy atom. The Balaban J connectivity index is 4.10. The Morgan fingerprint density at radius 2 is 2.00 bits per heavy atom. The van der Waals surface area contributed by atoms with Crippen LogP contribution >= 0.6 is 0 Å². The van der Waals surface area contributed by atoms with Crippen LogP contribution in [0.5, 0.6) is 0 Å². The molecule has 0 aromatic heterocycles. The van der Waals surface area contributed by atoms with E-state index in [1.165, 1.54) is 7.11 Å². The summed E-state index contributed by atoms with van der Waals surface area (Å²) in [5.74, 6) is -1.58. The molecule has 5 heteroatoms. The van der Waals surface area contributed by atoms with Crippen LogP contribution in [-0.4, -0.2) is 36.7 Å². The first kappa shape index (κ1) is 11.9. The van der Waals surface area contributed by atoms with Crippen LogP contribution in [0.1, 0.15) is 13.8 Å². The van der Waals surface area contributed by atoms with Gasteiger partial charge >= 0.3 is 5.97 Å². The molecule has 0 rings (SSSR count). The highest BCUT2D eigenvalue weighted by Gasteiger charge is 2.22. The minimum atomic E-state index is -1.03. The summed E-state index contributed by atoms with van der Waals surface area (Å²) in [5, 5.41) is 11.1. The Morgan fingerprint density at radius 1 is 1.46 bits per heavy atom. The Labute approximate surface area is 77.1 Å². The number of amides is 1. The van der Waals surface area contributed by atoms with Crippen molar-refractivity contribution in [1.82, 2.24) is 5.32 Å². The Kier molecular flexibility index (Phi) is 5.06. The van der Waals surface area contributed by atoms with Gasteiger partial charge in [0, 0.05) is 7.11 Å². The smallest absolute Gasteiger partial charge is 0.326 e. The number of carbonyl (C=O) groups is 2. The van der Waals surface area contributed by atoms with Gasteiger partial charge in [-0.15, -0.1) is 0 Å². The van der Waals surface area contributed by atoms with Crippen molar-refractivity contribution in [2.75, 3.05) is 13.7 Å². The summed E-state index contributed by atoms with van der Waals surface area (Å²) in [6.07, 6.45) is 0. The van der Waals surface area contributed by atoms with E-state index in [9.17, 15) is 9.59 Å². The van der Waals surface area contributed by atoms with E-state index >= 15 is 0 Å². The SMILES string of the molecule is COCC(=O)N[C@@H](C(=O)O)C(C)C. The first-order chi connectivity index (χ1) is 5.99. The lowest BCUT2D eigenvalue weighted by molar-refractivity contribution is -0.143. The summed E-state index contributed by atoms with van der Waals surface area (Å²) in [6.45, 7) is 3.34. The van der Waals surface area contributed by atoms with E-state index in [2.05, 4.69) is 10.1 Å². The van der Waals surface area contributed by atoms with Crippen molar-refractivity contribution in [3.63, 3.8) is 0 Å². The summed E-state index contributed by atoms with van der Waals surface area (Å²) < 4.78 is 4.56. The zero-order valence-electron chi connectivity index (χ0n) is 8.03. The van der Waals surface area contributed by atoms with Crippen LogP contribution in [0.15, 0.2) is 0 Å². The highest BCUT2D eigenvalue weighted by Crippen LogP contribution is 2.01. The minimum Gasteiger partial charge on any atom is -0.480 e. The van der Waals surface area contributed by atoms with Crippen LogP contribution < -0.4 is 5.32 Å². The van der Waals surface area contributed by atoms with E-state index in [1.807, 2.05) is 0 Å². The number of carboxylic acid groups (broad SMARTS) is 1. The van der Waals surface area contributed by atoms with Crippen LogP contribution in [0.3, 0.4) is 0 Å². The highest BCUT2D eigenvalue weighted by atomic mass is 16.5. The largest absolute Gasteiger partial charge is 0.480 e. The quantitative estimate of drug-likeness (QED) is 0.631. The van der Waals surface area contributed by atoms with Crippen LogP contribution in [0.25, 0.3) is 0 Å². The first-order valence-corrected chi connectivity index (χ1v) is 4.00. The van der Waals surface area contributed by atoms with Crippen molar-refractivity contribution in [2.24, 2.45) is 5.92 Å². The number of aliphatic carboxylic acids is 1. The second-order valence-corrected chi connectivity index (χ2v) is 3.06. The van der Waals surface area contributed by atoms with E-state index in [0.717, 1.165) is 0 Å². The molecule has 0 heterocycles. The fourth-order valence-corrected chi connectivity index (χ4v) is 0.860. The second kappa shape index (κ2) is 5.53. The number of ether oxygens (including phenoxy) is 1. The molecule has 0 aliphatic heterocycles. The number of hydrogen-bond donors (Lipinski definition) is 2. The third-order valence-electron chi connectivity index (χ3n) is 1.52. The fraction of sp³-hybridized carbons (Fsp3) is 0.750. The summed E-state index contributed by atoms with van der Waals surface area (Å²) in [7, 11) is 1.38. The Bertz CT molecular complexity index is 191. The second-order valence-electron chi connectivity index (χ2n) is 3.06. The third kappa shape index (κ3) is 4.47. The van der Waals surface area contributed by atoms with Crippen molar-refractivity contribution in [3.05, 3.63) is 0 Å². The third-order valence-corrected chi connectivity index (χ3v) is 1.52. The topological polar surface area (TPSA) is 75.6 Å². The average Bonchev–Trinajstić information content (AvgIpc) is 1.99. The van der Waals surface area contributed by atoms with Crippen molar-refractivity contribution in [1.29, 1.82) is 0 Å². The molecule has 0 saturated carbocycles. The van der Waals surface area contributed by atoms with Gasteiger partial charge in [0.15, 0.2) is 0 Å². The van der Waals surface area contributed by atoms with Gasteiger partial charge in [-0.2, -0.15) is 0 Å². The van der Waals surface area contributed by atoms with Gasteiger partial charge in [0.25, 0.3) is 0 Å². The standard InChI is InChI=1S/C8H15NO4/c1-5(2)7(8(11)12)9-6(10)4-13-3/h5,7H,4H2,1-3H3,(H,9,10)(H,11,12)/t7-/m1/s1. The first-order valence-electron chi connectivity index (χ1n) is 4.00. The monoisotopic (exact) mass is 189 g/mol. The predicted octanol–water partition coefficient (Wildman–Crippen LogP) is -0.142. The molecule has 0 bridgehead atoms. The maximum atomic E-state index is 11.0. The summed E-state index contributed by atoms with van der Waals surface area (Å²) in [5.41, 5.74) is 0. The van der Waals surface area contributed by atoms with E-state index in [-0.39, 0.29) is 12.5 Å². The van der Waals surface area contributed by atoms with Crippen LogP contribution in [0.2, 0.25) is 0 Å². The van der Waals surface area contributed by atoms with Crippen molar-refractivity contribution in [2.45, 2.75) is 19.9 Å². The van der Waals surface area contributed by atoms with Gasteiger partial charge in [0.2, 0.25) is 5.91 Å². The number of carboxylic acids is 1. The van der Waals surface area contributed by atoms with Gasteiger partial charge in [-0.05, 0) is 5.92 Å².